The van der Waals surface area contributed by atoms with Crippen LogP contribution in [0.2, 0.25) is 0 Å². The van der Waals surface area contributed by atoms with Crippen LogP contribution >= 0.6 is 0 Å². The predicted molar refractivity (Wildman–Crippen MR) is 48.8 cm³/mol. The first-order valence-corrected chi connectivity index (χ1v) is 4.66. The van der Waals surface area contributed by atoms with Gasteiger partial charge in [-0.25, -0.2) is 0 Å². The monoisotopic (exact) mass is 156 g/mol. The van der Waals surface area contributed by atoms with Crippen molar-refractivity contribution in [1.29, 1.82) is 0 Å². The van der Waals surface area contributed by atoms with E-state index in [-0.39, 0.29) is 0 Å². The third kappa shape index (κ3) is 3.21. The molecule has 66 valence electrons. The molecule has 1 rings (SSSR count). The van der Waals surface area contributed by atoms with Crippen molar-refractivity contribution in [1.82, 2.24) is 10.2 Å². The number of hydrogen-bond donors (Lipinski definition) is 1. The molecule has 1 aliphatic heterocycles. The Kier molecular flexibility index (Phi) is 3.87. The van der Waals surface area contributed by atoms with Crippen molar-refractivity contribution >= 4 is 0 Å². The molecule has 1 heterocycles. The highest BCUT2D eigenvalue weighted by Gasteiger charge is 2.13. The maximum absolute atomic E-state index is 3.26. The largest absolute Gasteiger partial charge is 0.319 e. The highest BCUT2D eigenvalue weighted by molar-refractivity contribution is 4.68. The molecular weight excluding hydrogens is 136 g/mol. The second-order valence-corrected chi connectivity index (χ2v) is 3.66. The number of nitrogens with zero attached hydrogens (tertiary/aromatic N) is 1. The molecule has 0 radical (unpaired) electrons. The van der Waals surface area contributed by atoms with Gasteiger partial charge in [0, 0.05) is 0 Å². The molecule has 1 N–H and O–H groups in total. The summed E-state index contributed by atoms with van der Waals surface area (Å²) in [5.41, 5.74) is 0. The van der Waals surface area contributed by atoms with Gasteiger partial charge in [-0.1, -0.05) is 0 Å². The van der Waals surface area contributed by atoms with Crippen molar-refractivity contribution in [2.45, 2.75) is 19.3 Å². The van der Waals surface area contributed by atoms with Gasteiger partial charge in [-0.05, 0) is 58.9 Å². The Morgan fingerprint density at radius 2 is 2.18 bits per heavy atom. The van der Waals surface area contributed by atoms with E-state index in [0.717, 1.165) is 5.92 Å². The van der Waals surface area contributed by atoms with Crippen LogP contribution in [0.25, 0.3) is 0 Å². The molecule has 1 unspecified atom stereocenters. The molecule has 1 aliphatic rings. The van der Waals surface area contributed by atoms with Crippen LogP contribution in [0.4, 0.5) is 0 Å². The second kappa shape index (κ2) is 4.73. The van der Waals surface area contributed by atoms with Crippen LogP contribution in [0, 0.1) is 5.92 Å². The summed E-state index contributed by atoms with van der Waals surface area (Å²) >= 11 is 0. The molecule has 0 amide bonds. The molecule has 2 heteroatoms. The smallest absolute Gasteiger partial charge is 0.00187 e. The van der Waals surface area contributed by atoms with E-state index in [9.17, 15) is 0 Å². The van der Waals surface area contributed by atoms with Gasteiger partial charge >= 0.3 is 0 Å². The molecule has 0 bridgehead atoms. The van der Waals surface area contributed by atoms with E-state index >= 15 is 0 Å². The van der Waals surface area contributed by atoms with Crippen molar-refractivity contribution in [3.63, 3.8) is 0 Å². The molecular formula is C9H20N2. The maximum atomic E-state index is 3.26. The van der Waals surface area contributed by atoms with Crippen LogP contribution in [0.1, 0.15) is 19.3 Å². The van der Waals surface area contributed by atoms with Crippen LogP contribution in [0.15, 0.2) is 0 Å². The van der Waals surface area contributed by atoms with Crippen LogP contribution in [-0.2, 0) is 0 Å². The summed E-state index contributed by atoms with van der Waals surface area (Å²) in [7, 11) is 4.27. The van der Waals surface area contributed by atoms with Gasteiger partial charge in [-0.15, -0.1) is 0 Å². The molecule has 0 aromatic heterocycles. The summed E-state index contributed by atoms with van der Waals surface area (Å²) in [5, 5.41) is 3.26. The topological polar surface area (TPSA) is 15.3 Å². The van der Waals surface area contributed by atoms with E-state index in [1.807, 2.05) is 0 Å². The molecule has 1 saturated heterocycles. The summed E-state index contributed by atoms with van der Waals surface area (Å²) in [4.78, 5) is 2.44. The summed E-state index contributed by atoms with van der Waals surface area (Å²) in [6.07, 6.45) is 4.16. The average Bonchev–Trinajstić information content (AvgIpc) is 2.17. The van der Waals surface area contributed by atoms with Gasteiger partial charge in [-0.3, -0.25) is 0 Å². The molecule has 0 spiro atoms. The lowest BCUT2D eigenvalue weighted by Crippen LogP contribution is -2.21. The van der Waals surface area contributed by atoms with E-state index in [1.54, 1.807) is 0 Å². The van der Waals surface area contributed by atoms with E-state index < -0.39 is 0 Å². The van der Waals surface area contributed by atoms with Gasteiger partial charge in [0.15, 0.2) is 0 Å². The summed E-state index contributed by atoms with van der Waals surface area (Å²) in [5.74, 6) is 0.921. The van der Waals surface area contributed by atoms with Crippen molar-refractivity contribution in [3.8, 4) is 0 Å². The van der Waals surface area contributed by atoms with Gasteiger partial charge in [0.05, 0.1) is 0 Å². The number of rotatable bonds is 2. The fourth-order valence-electron chi connectivity index (χ4n) is 1.80. The zero-order valence-corrected chi connectivity index (χ0v) is 7.77. The average molecular weight is 156 g/mol. The van der Waals surface area contributed by atoms with Crippen molar-refractivity contribution < 1.29 is 0 Å². The molecule has 0 aliphatic carbocycles. The first kappa shape index (κ1) is 9.01. The maximum Gasteiger partial charge on any atom is -0.00187 e. The first-order valence-electron chi connectivity index (χ1n) is 4.66. The minimum Gasteiger partial charge on any atom is -0.319 e. The summed E-state index contributed by atoms with van der Waals surface area (Å²) < 4.78 is 0. The van der Waals surface area contributed by atoms with Crippen LogP contribution in [-0.4, -0.2) is 38.6 Å². The van der Waals surface area contributed by atoms with Gasteiger partial charge in [0.1, 0.15) is 0 Å². The lowest BCUT2D eigenvalue weighted by Gasteiger charge is -2.13. The van der Waals surface area contributed by atoms with E-state index in [0.29, 0.717) is 0 Å². The number of likely N-dealkylation sites (tertiary alicyclic amines) is 1. The fraction of sp³-hybridized carbons (Fsp3) is 1.00. The molecule has 11 heavy (non-hydrogen) atoms. The minimum absolute atomic E-state index is 0.921. The molecule has 1 fully saturated rings. The normalized spacial score (nSPS) is 28.4. The van der Waals surface area contributed by atoms with Gasteiger partial charge in [-0.2, -0.15) is 0 Å². The molecule has 2 nitrogen and oxygen atoms in total. The molecule has 0 saturated carbocycles. The van der Waals surface area contributed by atoms with Crippen LogP contribution in [0.5, 0.6) is 0 Å². The Hall–Kier alpha value is -0.0800. The highest BCUT2D eigenvalue weighted by Crippen LogP contribution is 2.15. The van der Waals surface area contributed by atoms with E-state index in [2.05, 4.69) is 24.3 Å². The SMILES string of the molecule is CNCC1CCCN(C)CC1. The van der Waals surface area contributed by atoms with Gasteiger partial charge in [0.25, 0.3) is 0 Å². The number of nitrogens with one attached hydrogen (secondary N) is 1. The second-order valence-electron chi connectivity index (χ2n) is 3.66. The highest BCUT2D eigenvalue weighted by atomic mass is 15.1. The van der Waals surface area contributed by atoms with Crippen molar-refractivity contribution in [2.75, 3.05) is 33.7 Å². The Balaban J connectivity index is 2.22. The Bertz CT molecular complexity index is 104. The minimum atomic E-state index is 0.921. The van der Waals surface area contributed by atoms with Crippen LogP contribution < -0.4 is 5.32 Å². The fourth-order valence-corrected chi connectivity index (χ4v) is 1.80. The standard InChI is InChI=1S/C9H20N2/c1-10-8-9-4-3-6-11(2)7-5-9/h9-10H,3-8H2,1-2H3. The lowest BCUT2D eigenvalue weighted by molar-refractivity contribution is 0.340. The lowest BCUT2D eigenvalue weighted by atomic mass is 10.0. The third-order valence-corrected chi connectivity index (χ3v) is 2.56. The Labute approximate surface area is 70.0 Å². The summed E-state index contributed by atoms with van der Waals surface area (Å²) in [6, 6.07) is 0. The van der Waals surface area contributed by atoms with Gasteiger partial charge < -0.3 is 10.2 Å². The van der Waals surface area contributed by atoms with Crippen LogP contribution in [0.3, 0.4) is 0 Å². The van der Waals surface area contributed by atoms with Crippen molar-refractivity contribution in [3.05, 3.63) is 0 Å². The summed E-state index contributed by atoms with van der Waals surface area (Å²) in [6.45, 7) is 3.78. The Morgan fingerprint density at radius 3 is 2.91 bits per heavy atom. The molecule has 1 atom stereocenters. The first-order chi connectivity index (χ1) is 5.33. The van der Waals surface area contributed by atoms with E-state index in [1.165, 1.54) is 38.9 Å². The molecule has 0 aromatic carbocycles. The quantitative estimate of drug-likeness (QED) is 0.640. The zero-order chi connectivity index (χ0) is 8.10. The molecule has 0 aromatic rings. The van der Waals surface area contributed by atoms with E-state index in [4.69, 9.17) is 0 Å². The van der Waals surface area contributed by atoms with Crippen molar-refractivity contribution in [2.24, 2.45) is 5.92 Å². The Morgan fingerprint density at radius 1 is 1.36 bits per heavy atom. The number of hydrogen-bond acceptors (Lipinski definition) is 2. The third-order valence-electron chi connectivity index (χ3n) is 2.56. The zero-order valence-electron chi connectivity index (χ0n) is 7.77. The van der Waals surface area contributed by atoms with Gasteiger partial charge in [0.2, 0.25) is 0 Å². The predicted octanol–water partition coefficient (Wildman–Crippen LogP) is 0.938.